The average Bonchev–Trinajstić information content (AvgIpc) is 1.91. The largest absolute Gasteiger partial charge is 0.390 e. The summed E-state index contributed by atoms with van der Waals surface area (Å²) < 4.78 is 5.02. The van der Waals surface area contributed by atoms with E-state index in [2.05, 4.69) is 0 Å². The minimum absolute atomic E-state index is 0.0694. The van der Waals surface area contributed by atoms with Crippen LogP contribution in [0.2, 0.25) is 0 Å². The second-order valence-electron chi connectivity index (χ2n) is 1.93. The van der Waals surface area contributed by atoms with Crippen molar-refractivity contribution in [3.8, 4) is 0 Å². The Balaban J connectivity index is 2.33. The maximum atomic E-state index is 8.87. The average molecular weight is 102 g/mol. The molecule has 1 N–H and O–H groups in total. The molecule has 0 bridgehead atoms. The molecule has 0 spiro atoms. The van der Waals surface area contributed by atoms with Gasteiger partial charge in [0.2, 0.25) is 0 Å². The standard InChI is InChI=1S/C5H10O2/c1-4-5(6)2-3-7-4/h4-6H,2-3H2,1H3/t4-,5+/m0/s1. The van der Waals surface area contributed by atoms with Crippen molar-refractivity contribution in [3.05, 3.63) is 0 Å². The van der Waals surface area contributed by atoms with Crippen LogP contribution in [0.4, 0.5) is 0 Å². The fourth-order valence-electron chi connectivity index (χ4n) is 0.720. The number of ether oxygens (including phenoxy) is 1. The first kappa shape index (κ1) is 5.06. The van der Waals surface area contributed by atoms with Gasteiger partial charge in [0.05, 0.1) is 12.2 Å². The van der Waals surface area contributed by atoms with E-state index in [0.29, 0.717) is 0 Å². The van der Waals surface area contributed by atoms with Gasteiger partial charge in [0.25, 0.3) is 0 Å². The van der Waals surface area contributed by atoms with Crippen LogP contribution in [0, 0.1) is 0 Å². The molecule has 0 aromatic carbocycles. The molecule has 0 saturated carbocycles. The Labute approximate surface area is 43.1 Å². The van der Waals surface area contributed by atoms with Crippen LogP contribution in [0.1, 0.15) is 13.3 Å². The van der Waals surface area contributed by atoms with Crippen LogP contribution in [0.3, 0.4) is 0 Å². The van der Waals surface area contributed by atoms with E-state index < -0.39 is 0 Å². The van der Waals surface area contributed by atoms with Crippen molar-refractivity contribution in [2.75, 3.05) is 6.61 Å². The van der Waals surface area contributed by atoms with E-state index in [-0.39, 0.29) is 12.2 Å². The van der Waals surface area contributed by atoms with E-state index >= 15 is 0 Å². The fraction of sp³-hybridized carbons (Fsp3) is 1.00. The van der Waals surface area contributed by atoms with Crippen LogP contribution in [0.15, 0.2) is 0 Å². The topological polar surface area (TPSA) is 29.5 Å². The van der Waals surface area contributed by atoms with Crippen molar-refractivity contribution >= 4 is 0 Å². The predicted molar refractivity (Wildman–Crippen MR) is 26.0 cm³/mol. The highest BCUT2D eigenvalue weighted by molar-refractivity contribution is 4.69. The zero-order valence-corrected chi connectivity index (χ0v) is 4.42. The SMILES string of the molecule is C[C@@H]1OCC[C@H]1O. The van der Waals surface area contributed by atoms with Crippen molar-refractivity contribution in [1.29, 1.82) is 0 Å². The van der Waals surface area contributed by atoms with Crippen LogP contribution >= 0.6 is 0 Å². The Hall–Kier alpha value is -0.0800. The highest BCUT2D eigenvalue weighted by Crippen LogP contribution is 2.10. The van der Waals surface area contributed by atoms with Gasteiger partial charge in [-0.15, -0.1) is 0 Å². The molecule has 1 aliphatic rings. The molecular formula is C5H10O2. The van der Waals surface area contributed by atoms with Crippen LogP contribution in [0.5, 0.6) is 0 Å². The molecule has 1 saturated heterocycles. The summed E-state index contributed by atoms with van der Waals surface area (Å²) in [7, 11) is 0. The Morgan fingerprint density at radius 1 is 1.71 bits per heavy atom. The van der Waals surface area contributed by atoms with Gasteiger partial charge in [-0.2, -0.15) is 0 Å². The zero-order chi connectivity index (χ0) is 5.28. The van der Waals surface area contributed by atoms with Crippen LogP contribution < -0.4 is 0 Å². The molecule has 0 amide bonds. The number of aliphatic hydroxyl groups is 1. The molecule has 0 aliphatic carbocycles. The van der Waals surface area contributed by atoms with Gasteiger partial charge in [0, 0.05) is 6.61 Å². The molecule has 0 unspecified atom stereocenters. The second-order valence-corrected chi connectivity index (χ2v) is 1.93. The normalized spacial score (nSPS) is 42.0. The van der Waals surface area contributed by atoms with Crippen molar-refractivity contribution in [3.63, 3.8) is 0 Å². The first-order chi connectivity index (χ1) is 3.30. The van der Waals surface area contributed by atoms with Crippen LogP contribution in [0.25, 0.3) is 0 Å². The van der Waals surface area contributed by atoms with Gasteiger partial charge in [0.15, 0.2) is 0 Å². The molecule has 0 aromatic heterocycles. The predicted octanol–water partition coefficient (Wildman–Crippen LogP) is 0.156. The highest BCUT2D eigenvalue weighted by atomic mass is 16.5. The zero-order valence-electron chi connectivity index (χ0n) is 4.42. The molecule has 1 heterocycles. The minimum atomic E-state index is -0.208. The van der Waals surface area contributed by atoms with E-state index in [1.54, 1.807) is 0 Å². The third-order valence-electron chi connectivity index (χ3n) is 1.34. The van der Waals surface area contributed by atoms with Crippen LogP contribution in [-0.4, -0.2) is 23.9 Å². The van der Waals surface area contributed by atoms with E-state index in [4.69, 9.17) is 9.84 Å². The summed E-state index contributed by atoms with van der Waals surface area (Å²) in [4.78, 5) is 0. The van der Waals surface area contributed by atoms with E-state index in [1.165, 1.54) is 0 Å². The molecule has 7 heavy (non-hydrogen) atoms. The summed E-state index contributed by atoms with van der Waals surface area (Å²) in [5, 5.41) is 8.87. The Kier molecular flexibility index (Phi) is 1.30. The Morgan fingerprint density at radius 2 is 2.43 bits per heavy atom. The van der Waals surface area contributed by atoms with Crippen molar-refractivity contribution in [1.82, 2.24) is 0 Å². The molecule has 42 valence electrons. The lowest BCUT2D eigenvalue weighted by atomic mass is 10.2. The number of hydrogen-bond donors (Lipinski definition) is 1. The van der Waals surface area contributed by atoms with Crippen molar-refractivity contribution in [2.45, 2.75) is 25.6 Å². The summed E-state index contributed by atoms with van der Waals surface area (Å²) in [6.45, 7) is 2.61. The molecule has 2 atom stereocenters. The van der Waals surface area contributed by atoms with Crippen molar-refractivity contribution < 1.29 is 9.84 Å². The van der Waals surface area contributed by atoms with E-state index in [9.17, 15) is 0 Å². The lowest BCUT2D eigenvalue weighted by Gasteiger charge is -2.03. The lowest BCUT2D eigenvalue weighted by molar-refractivity contribution is 0.0556. The van der Waals surface area contributed by atoms with Gasteiger partial charge in [0.1, 0.15) is 0 Å². The number of aliphatic hydroxyl groups excluding tert-OH is 1. The number of rotatable bonds is 0. The molecule has 0 aromatic rings. The second kappa shape index (κ2) is 1.80. The maximum absolute atomic E-state index is 8.87. The number of hydrogen-bond acceptors (Lipinski definition) is 2. The summed E-state index contributed by atoms with van der Waals surface area (Å²) in [6, 6.07) is 0. The fourth-order valence-corrected chi connectivity index (χ4v) is 0.720. The molecule has 0 radical (unpaired) electrons. The minimum Gasteiger partial charge on any atom is -0.390 e. The summed E-state index contributed by atoms with van der Waals surface area (Å²) in [5.41, 5.74) is 0. The molecule has 2 heteroatoms. The first-order valence-electron chi connectivity index (χ1n) is 2.60. The van der Waals surface area contributed by atoms with E-state index in [0.717, 1.165) is 13.0 Å². The van der Waals surface area contributed by atoms with Gasteiger partial charge in [-0.1, -0.05) is 0 Å². The van der Waals surface area contributed by atoms with Gasteiger partial charge in [-0.05, 0) is 13.3 Å². The van der Waals surface area contributed by atoms with Gasteiger partial charge in [-0.3, -0.25) is 0 Å². The third kappa shape index (κ3) is 0.924. The lowest BCUT2D eigenvalue weighted by Crippen LogP contribution is -2.15. The molecule has 2 nitrogen and oxygen atoms in total. The molecule has 1 aliphatic heterocycles. The van der Waals surface area contributed by atoms with Crippen LogP contribution in [-0.2, 0) is 4.74 Å². The van der Waals surface area contributed by atoms with Crippen molar-refractivity contribution in [2.24, 2.45) is 0 Å². The summed E-state index contributed by atoms with van der Waals surface area (Å²) in [5.74, 6) is 0. The smallest absolute Gasteiger partial charge is 0.0821 e. The summed E-state index contributed by atoms with van der Waals surface area (Å²) in [6.07, 6.45) is 0.668. The van der Waals surface area contributed by atoms with Gasteiger partial charge >= 0.3 is 0 Å². The molecule has 1 fully saturated rings. The summed E-state index contributed by atoms with van der Waals surface area (Å²) >= 11 is 0. The monoisotopic (exact) mass is 102 g/mol. The quantitative estimate of drug-likeness (QED) is 0.472. The van der Waals surface area contributed by atoms with Gasteiger partial charge < -0.3 is 9.84 Å². The Morgan fingerprint density at radius 3 is 2.57 bits per heavy atom. The molecular weight excluding hydrogens is 92.1 g/mol. The maximum Gasteiger partial charge on any atom is 0.0821 e. The first-order valence-corrected chi connectivity index (χ1v) is 2.60. The highest BCUT2D eigenvalue weighted by Gasteiger charge is 2.20. The third-order valence-corrected chi connectivity index (χ3v) is 1.34. The molecule has 1 rings (SSSR count). The Bertz CT molecular complexity index is 55.1. The van der Waals surface area contributed by atoms with Gasteiger partial charge in [-0.25, -0.2) is 0 Å². The van der Waals surface area contributed by atoms with E-state index in [1.807, 2.05) is 6.92 Å².